The molecule has 1 aromatic heterocycles. The van der Waals surface area contributed by atoms with Crippen molar-refractivity contribution in [3.63, 3.8) is 0 Å². The van der Waals surface area contributed by atoms with Crippen LogP contribution in [0.1, 0.15) is 24.5 Å². The Labute approximate surface area is 71.3 Å². The van der Waals surface area contributed by atoms with E-state index in [0.717, 1.165) is 5.56 Å². The van der Waals surface area contributed by atoms with Crippen LogP contribution >= 0.6 is 0 Å². The van der Waals surface area contributed by atoms with Crippen molar-refractivity contribution >= 4 is 0 Å². The lowest BCUT2D eigenvalue weighted by atomic mass is 10.1. The van der Waals surface area contributed by atoms with E-state index in [1.54, 1.807) is 24.5 Å². The highest BCUT2D eigenvalue weighted by Gasteiger charge is 2.05. The largest absolute Gasteiger partial charge is 0.388 e. The molecule has 0 saturated heterocycles. The van der Waals surface area contributed by atoms with Crippen molar-refractivity contribution in [2.75, 3.05) is 0 Å². The smallest absolute Gasteiger partial charge is 0.0814 e. The molecule has 1 unspecified atom stereocenters. The average Bonchev–Trinajstić information content (AvgIpc) is 2.15. The van der Waals surface area contributed by atoms with Gasteiger partial charge in [-0.15, -0.1) is 0 Å². The van der Waals surface area contributed by atoms with E-state index in [-0.39, 0.29) is 0 Å². The van der Waals surface area contributed by atoms with Crippen molar-refractivity contribution in [2.45, 2.75) is 18.9 Å². The molecule has 1 heterocycles. The van der Waals surface area contributed by atoms with E-state index in [1.807, 2.05) is 6.07 Å². The molecule has 0 aliphatic carbocycles. The molecule has 1 rings (SSSR count). The molecule has 1 N–H and O–H groups in total. The molecule has 1 aromatic rings. The minimum atomic E-state index is -0.557. The fourth-order valence-corrected chi connectivity index (χ4v) is 0.941. The van der Waals surface area contributed by atoms with E-state index < -0.39 is 6.10 Å². The Balaban J connectivity index is 2.55. The van der Waals surface area contributed by atoms with Crippen LogP contribution in [0.3, 0.4) is 0 Å². The molecule has 0 saturated carbocycles. The molecule has 1 atom stereocenters. The van der Waals surface area contributed by atoms with Gasteiger partial charge in [0.25, 0.3) is 0 Å². The number of hydrogen-bond acceptors (Lipinski definition) is 3. The number of nitrogens with zero attached hydrogens (tertiary/aromatic N) is 2. The SMILES string of the molecule is N#CCCC(O)c1cccnc1. The molecule has 0 amide bonds. The van der Waals surface area contributed by atoms with Crippen LogP contribution in [0.25, 0.3) is 0 Å². The van der Waals surface area contributed by atoms with E-state index in [4.69, 9.17) is 5.26 Å². The summed E-state index contributed by atoms with van der Waals surface area (Å²) in [6.07, 6.45) is 3.55. The third-order valence-electron chi connectivity index (χ3n) is 1.60. The summed E-state index contributed by atoms with van der Waals surface area (Å²) in [5.41, 5.74) is 0.771. The number of hydrogen-bond donors (Lipinski definition) is 1. The molecule has 0 aliphatic heterocycles. The van der Waals surface area contributed by atoms with E-state index in [0.29, 0.717) is 12.8 Å². The number of nitriles is 1. The molecular formula is C9H10N2O. The highest BCUT2D eigenvalue weighted by Crippen LogP contribution is 2.15. The summed E-state index contributed by atoms with van der Waals surface area (Å²) in [6, 6.07) is 5.56. The summed E-state index contributed by atoms with van der Waals surface area (Å²) in [4.78, 5) is 3.87. The van der Waals surface area contributed by atoms with Gasteiger partial charge < -0.3 is 5.11 Å². The Morgan fingerprint density at radius 1 is 1.67 bits per heavy atom. The van der Waals surface area contributed by atoms with Crippen LogP contribution in [0.15, 0.2) is 24.5 Å². The lowest BCUT2D eigenvalue weighted by Gasteiger charge is -2.06. The lowest BCUT2D eigenvalue weighted by Crippen LogP contribution is -1.96. The second-order valence-corrected chi connectivity index (χ2v) is 2.50. The van der Waals surface area contributed by atoms with Gasteiger partial charge in [0.15, 0.2) is 0 Å². The molecule has 0 spiro atoms. The van der Waals surface area contributed by atoms with Gasteiger partial charge >= 0.3 is 0 Å². The predicted molar refractivity (Wildman–Crippen MR) is 44.0 cm³/mol. The van der Waals surface area contributed by atoms with E-state index in [1.165, 1.54) is 0 Å². The molecule has 12 heavy (non-hydrogen) atoms. The second kappa shape index (κ2) is 4.47. The number of aliphatic hydroxyl groups excluding tert-OH is 1. The van der Waals surface area contributed by atoms with Crippen molar-refractivity contribution in [1.29, 1.82) is 5.26 Å². The van der Waals surface area contributed by atoms with Gasteiger partial charge in [0, 0.05) is 18.8 Å². The number of aliphatic hydroxyl groups is 1. The molecule has 3 heteroatoms. The van der Waals surface area contributed by atoms with Crippen LogP contribution in [0, 0.1) is 11.3 Å². The molecular weight excluding hydrogens is 152 g/mol. The van der Waals surface area contributed by atoms with Crippen LogP contribution in [0.2, 0.25) is 0 Å². The van der Waals surface area contributed by atoms with Crippen LogP contribution < -0.4 is 0 Å². The normalized spacial score (nSPS) is 12.0. The van der Waals surface area contributed by atoms with Gasteiger partial charge in [0.2, 0.25) is 0 Å². The van der Waals surface area contributed by atoms with Gasteiger partial charge in [-0.05, 0) is 18.1 Å². The minimum absolute atomic E-state index is 0.371. The maximum atomic E-state index is 9.46. The van der Waals surface area contributed by atoms with Gasteiger partial charge in [-0.2, -0.15) is 5.26 Å². The zero-order valence-corrected chi connectivity index (χ0v) is 6.64. The summed E-state index contributed by atoms with van der Waals surface area (Å²) < 4.78 is 0. The summed E-state index contributed by atoms with van der Waals surface area (Å²) in [7, 11) is 0. The van der Waals surface area contributed by atoms with Gasteiger partial charge in [-0.1, -0.05) is 6.07 Å². The van der Waals surface area contributed by atoms with E-state index in [9.17, 15) is 5.11 Å². The second-order valence-electron chi connectivity index (χ2n) is 2.50. The summed E-state index contributed by atoms with van der Waals surface area (Å²) in [6.45, 7) is 0. The monoisotopic (exact) mass is 162 g/mol. The summed E-state index contributed by atoms with van der Waals surface area (Å²) >= 11 is 0. The van der Waals surface area contributed by atoms with Crippen LogP contribution in [-0.4, -0.2) is 10.1 Å². The van der Waals surface area contributed by atoms with Gasteiger partial charge in [-0.25, -0.2) is 0 Å². The third kappa shape index (κ3) is 2.33. The first kappa shape index (κ1) is 8.69. The molecule has 0 aliphatic rings. The standard InChI is InChI=1S/C9H10N2O/c10-5-1-4-9(12)8-3-2-6-11-7-8/h2-3,6-7,9,12H,1,4H2. The Kier molecular flexibility index (Phi) is 3.24. The quantitative estimate of drug-likeness (QED) is 0.731. The molecule has 62 valence electrons. The van der Waals surface area contributed by atoms with E-state index >= 15 is 0 Å². The minimum Gasteiger partial charge on any atom is -0.388 e. The lowest BCUT2D eigenvalue weighted by molar-refractivity contribution is 0.169. The average molecular weight is 162 g/mol. The Hall–Kier alpha value is -1.40. The summed E-state index contributed by atoms with van der Waals surface area (Å²) in [5.74, 6) is 0. The first-order valence-electron chi connectivity index (χ1n) is 3.79. The van der Waals surface area contributed by atoms with Crippen molar-refractivity contribution < 1.29 is 5.11 Å². The summed E-state index contributed by atoms with van der Waals surface area (Å²) in [5, 5.41) is 17.7. The van der Waals surface area contributed by atoms with Crippen molar-refractivity contribution in [3.8, 4) is 6.07 Å². The molecule has 0 fully saturated rings. The third-order valence-corrected chi connectivity index (χ3v) is 1.60. The first-order valence-corrected chi connectivity index (χ1v) is 3.79. The predicted octanol–water partition coefficient (Wildman–Crippen LogP) is 1.42. The van der Waals surface area contributed by atoms with Crippen molar-refractivity contribution in [1.82, 2.24) is 4.98 Å². The fourth-order valence-electron chi connectivity index (χ4n) is 0.941. The van der Waals surface area contributed by atoms with Crippen molar-refractivity contribution in [3.05, 3.63) is 30.1 Å². The first-order chi connectivity index (χ1) is 5.84. The highest BCUT2D eigenvalue weighted by atomic mass is 16.3. The maximum Gasteiger partial charge on any atom is 0.0814 e. The Morgan fingerprint density at radius 2 is 2.50 bits per heavy atom. The van der Waals surface area contributed by atoms with Crippen LogP contribution in [0.4, 0.5) is 0 Å². The highest BCUT2D eigenvalue weighted by molar-refractivity contribution is 5.11. The van der Waals surface area contributed by atoms with Crippen LogP contribution in [-0.2, 0) is 0 Å². The van der Waals surface area contributed by atoms with Gasteiger partial charge in [0.05, 0.1) is 12.2 Å². The fraction of sp³-hybridized carbons (Fsp3) is 0.333. The maximum absolute atomic E-state index is 9.46. The number of rotatable bonds is 3. The topological polar surface area (TPSA) is 56.9 Å². The number of pyridine rings is 1. The Bertz CT molecular complexity index is 266. The van der Waals surface area contributed by atoms with Crippen molar-refractivity contribution in [2.24, 2.45) is 0 Å². The molecule has 0 radical (unpaired) electrons. The number of aromatic nitrogens is 1. The van der Waals surface area contributed by atoms with E-state index in [2.05, 4.69) is 4.98 Å². The zero-order valence-electron chi connectivity index (χ0n) is 6.64. The van der Waals surface area contributed by atoms with Gasteiger partial charge in [0.1, 0.15) is 0 Å². The molecule has 0 aromatic carbocycles. The Morgan fingerprint density at radius 3 is 3.08 bits per heavy atom. The molecule has 3 nitrogen and oxygen atoms in total. The molecule has 0 bridgehead atoms. The zero-order chi connectivity index (χ0) is 8.81. The van der Waals surface area contributed by atoms with Gasteiger partial charge in [-0.3, -0.25) is 4.98 Å². The van der Waals surface area contributed by atoms with Crippen LogP contribution in [0.5, 0.6) is 0 Å².